The molecule has 0 fully saturated rings. The zero-order chi connectivity index (χ0) is 9.84. The maximum atomic E-state index is 12.7. The summed E-state index contributed by atoms with van der Waals surface area (Å²) in [5, 5.41) is 11.4. The highest BCUT2D eigenvalue weighted by atomic mass is 19.1. The van der Waals surface area contributed by atoms with Crippen LogP contribution in [-0.4, -0.2) is 10.9 Å². The molecule has 0 bridgehead atoms. The standard InChI is InChI=1S/C9H9F2NO/c1-2-9(12-13)6-3-7(10)5-8(11)4-6/h3-5,13H,2H2,1H3/b12-9+. The maximum absolute atomic E-state index is 12.7. The van der Waals surface area contributed by atoms with Gasteiger partial charge in [-0.15, -0.1) is 0 Å². The normalized spacial score (nSPS) is 11.8. The van der Waals surface area contributed by atoms with E-state index in [4.69, 9.17) is 5.21 Å². The molecule has 0 radical (unpaired) electrons. The number of hydrogen-bond donors (Lipinski definition) is 1. The highest BCUT2D eigenvalue weighted by Crippen LogP contribution is 2.10. The summed E-state index contributed by atoms with van der Waals surface area (Å²) in [5.74, 6) is -1.35. The van der Waals surface area contributed by atoms with Gasteiger partial charge in [-0.1, -0.05) is 12.1 Å². The van der Waals surface area contributed by atoms with Gasteiger partial charge in [-0.05, 0) is 18.6 Å². The third kappa shape index (κ3) is 2.24. The second-order valence-electron chi connectivity index (χ2n) is 2.56. The summed E-state index contributed by atoms with van der Waals surface area (Å²) in [7, 11) is 0. The van der Waals surface area contributed by atoms with Crippen LogP contribution in [0.4, 0.5) is 8.78 Å². The number of nitrogens with zero attached hydrogens (tertiary/aromatic N) is 1. The Morgan fingerprint density at radius 2 is 1.85 bits per heavy atom. The van der Waals surface area contributed by atoms with Gasteiger partial charge in [0.1, 0.15) is 11.6 Å². The Morgan fingerprint density at radius 3 is 2.23 bits per heavy atom. The number of rotatable bonds is 2. The van der Waals surface area contributed by atoms with Crippen molar-refractivity contribution < 1.29 is 14.0 Å². The highest BCUT2D eigenvalue weighted by Gasteiger charge is 2.05. The first kappa shape index (κ1) is 9.64. The van der Waals surface area contributed by atoms with Crippen molar-refractivity contribution in [2.24, 2.45) is 5.16 Å². The second-order valence-corrected chi connectivity index (χ2v) is 2.56. The van der Waals surface area contributed by atoms with Crippen LogP contribution in [0.25, 0.3) is 0 Å². The Morgan fingerprint density at radius 1 is 1.31 bits per heavy atom. The Balaban J connectivity index is 3.14. The molecule has 0 aliphatic rings. The van der Waals surface area contributed by atoms with Gasteiger partial charge in [0.05, 0.1) is 5.71 Å². The van der Waals surface area contributed by atoms with Gasteiger partial charge in [0, 0.05) is 11.6 Å². The van der Waals surface area contributed by atoms with Crippen molar-refractivity contribution >= 4 is 5.71 Å². The van der Waals surface area contributed by atoms with Crippen LogP contribution in [0.2, 0.25) is 0 Å². The lowest BCUT2D eigenvalue weighted by atomic mass is 10.1. The van der Waals surface area contributed by atoms with Gasteiger partial charge in [0.15, 0.2) is 0 Å². The average molecular weight is 185 g/mol. The number of oxime groups is 1. The minimum absolute atomic E-state index is 0.262. The average Bonchev–Trinajstić information content (AvgIpc) is 2.04. The fourth-order valence-corrected chi connectivity index (χ4v) is 1.05. The molecule has 1 aromatic rings. The summed E-state index contributed by atoms with van der Waals surface area (Å²) < 4.78 is 25.4. The van der Waals surface area contributed by atoms with E-state index in [1.807, 2.05) is 0 Å². The van der Waals surface area contributed by atoms with E-state index in [1.54, 1.807) is 6.92 Å². The van der Waals surface area contributed by atoms with Crippen LogP contribution in [0.1, 0.15) is 18.9 Å². The highest BCUT2D eigenvalue weighted by molar-refractivity contribution is 5.99. The molecule has 1 rings (SSSR count). The zero-order valence-corrected chi connectivity index (χ0v) is 7.09. The van der Waals surface area contributed by atoms with Gasteiger partial charge in [0.25, 0.3) is 0 Å². The summed E-state index contributed by atoms with van der Waals surface area (Å²) >= 11 is 0. The number of hydrogen-bond acceptors (Lipinski definition) is 2. The van der Waals surface area contributed by atoms with Gasteiger partial charge >= 0.3 is 0 Å². The molecule has 1 N–H and O–H groups in total. The van der Waals surface area contributed by atoms with Gasteiger partial charge in [-0.3, -0.25) is 0 Å². The molecular weight excluding hydrogens is 176 g/mol. The molecule has 70 valence electrons. The predicted octanol–water partition coefficient (Wildman–Crippen LogP) is 2.55. The number of benzene rings is 1. The Bertz CT molecular complexity index is 316. The van der Waals surface area contributed by atoms with E-state index < -0.39 is 11.6 Å². The fourth-order valence-electron chi connectivity index (χ4n) is 1.05. The first-order valence-electron chi connectivity index (χ1n) is 3.84. The summed E-state index contributed by atoms with van der Waals surface area (Å²) in [6.07, 6.45) is 0.416. The molecule has 0 atom stereocenters. The van der Waals surface area contributed by atoms with E-state index in [0.29, 0.717) is 6.42 Å². The minimum atomic E-state index is -0.676. The summed E-state index contributed by atoms with van der Waals surface area (Å²) in [5.41, 5.74) is 0.529. The Labute approximate surface area is 74.5 Å². The molecule has 0 aliphatic heterocycles. The van der Waals surface area contributed by atoms with E-state index >= 15 is 0 Å². The van der Waals surface area contributed by atoms with Crippen LogP contribution < -0.4 is 0 Å². The van der Waals surface area contributed by atoms with Crippen molar-refractivity contribution in [3.05, 3.63) is 35.4 Å². The molecule has 1 aromatic carbocycles. The van der Waals surface area contributed by atoms with E-state index in [0.717, 1.165) is 18.2 Å². The van der Waals surface area contributed by atoms with Crippen LogP contribution in [0.3, 0.4) is 0 Å². The molecule has 0 unspecified atom stereocenters. The Kier molecular flexibility index (Phi) is 2.95. The maximum Gasteiger partial charge on any atom is 0.126 e. The van der Waals surface area contributed by atoms with Crippen LogP contribution in [0.5, 0.6) is 0 Å². The van der Waals surface area contributed by atoms with Crippen molar-refractivity contribution in [3.63, 3.8) is 0 Å². The molecular formula is C9H9F2NO. The van der Waals surface area contributed by atoms with Crippen molar-refractivity contribution in [1.29, 1.82) is 0 Å². The van der Waals surface area contributed by atoms with E-state index in [-0.39, 0.29) is 11.3 Å². The van der Waals surface area contributed by atoms with Crippen LogP contribution in [-0.2, 0) is 0 Å². The lowest BCUT2D eigenvalue weighted by molar-refractivity contribution is 0.318. The molecule has 0 saturated heterocycles. The topological polar surface area (TPSA) is 32.6 Å². The molecule has 13 heavy (non-hydrogen) atoms. The van der Waals surface area contributed by atoms with Crippen LogP contribution >= 0.6 is 0 Å². The molecule has 4 heteroatoms. The van der Waals surface area contributed by atoms with Crippen LogP contribution in [0.15, 0.2) is 23.4 Å². The monoisotopic (exact) mass is 185 g/mol. The van der Waals surface area contributed by atoms with Crippen molar-refractivity contribution in [2.75, 3.05) is 0 Å². The molecule has 0 aromatic heterocycles. The molecule has 2 nitrogen and oxygen atoms in total. The SMILES string of the molecule is CC/C(=N\O)c1cc(F)cc(F)c1. The van der Waals surface area contributed by atoms with Crippen molar-refractivity contribution in [2.45, 2.75) is 13.3 Å². The van der Waals surface area contributed by atoms with Gasteiger partial charge < -0.3 is 5.21 Å². The van der Waals surface area contributed by atoms with Crippen molar-refractivity contribution in [3.8, 4) is 0 Å². The largest absolute Gasteiger partial charge is 0.411 e. The quantitative estimate of drug-likeness (QED) is 0.428. The molecule has 0 amide bonds. The van der Waals surface area contributed by atoms with E-state index in [9.17, 15) is 8.78 Å². The second kappa shape index (κ2) is 3.98. The predicted molar refractivity (Wildman–Crippen MR) is 45.0 cm³/mol. The zero-order valence-electron chi connectivity index (χ0n) is 7.09. The minimum Gasteiger partial charge on any atom is -0.411 e. The summed E-state index contributed by atoms with van der Waals surface area (Å²) in [4.78, 5) is 0. The van der Waals surface area contributed by atoms with Crippen molar-refractivity contribution in [1.82, 2.24) is 0 Å². The lowest BCUT2D eigenvalue weighted by Crippen LogP contribution is -2.00. The molecule has 0 saturated carbocycles. The molecule has 0 aliphatic carbocycles. The van der Waals surface area contributed by atoms with Gasteiger partial charge in [-0.25, -0.2) is 8.78 Å². The molecule has 0 heterocycles. The number of halogens is 2. The van der Waals surface area contributed by atoms with Gasteiger partial charge in [-0.2, -0.15) is 0 Å². The van der Waals surface area contributed by atoms with E-state index in [1.165, 1.54) is 0 Å². The van der Waals surface area contributed by atoms with Crippen LogP contribution in [0, 0.1) is 11.6 Å². The third-order valence-corrected chi connectivity index (χ3v) is 1.65. The van der Waals surface area contributed by atoms with Gasteiger partial charge in [0.2, 0.25) is 0 Å². The third-order valence-electron chi connectivity index (χ3n) is 1.65. The lowest BCUT2D eigenvalue weighted by Gasteiger charge is -2.01. The molecule has 0 spiro atoms. The Hall–Kier alpha value is -1.45. The first-order chi connectivity index (χ1) is 6.17. The summed E-state index contributed by atoms with van der Waals surface area (Å²) in [6, 6.07) is 3.03. The first-order valence-corrected chi connectivity index (χ1v) is 3.84. The fraction of sp³-hybridized carbons (Fsp3) is 0.222. The summed E-state index contributed by atoms with van der Waals surface area (Å²) in [6.45, 7) is 1.73. The van der Waals surface area contributed by atoms with E-state index in [2.05, 4.69) is 5.16 Å². The smallest absolute Gasteiger partial charge is 0.126 e.